The van der Waals surface area contributed by atoms with Crippen LogP contribution in [0.3, 0.4) is 0 Å². The Morgan fingerprint density at radius 1 is 1.06 bits per heavy atom. The van der Waals surface area contributed by atoms with Crippen molar-refractivity contribution in [2.24, 2.45) is 0 Å². The van der Waals surface area contributed by atoms with Crippen molar-refractivity contribution in [2.45, 2.75) is 39.3 Å². The van der Waals surface area contributed by atoms with Gasteiger partial charge in [-0.1, -0.05) is 47.6 Å². The summed E-state index contributed by atoms with van der Waals surface area (Å²) >= 11 is 0. The monoisotopic (exact) mass is 419 g/mol. The van der Waals surface area contributed by atoms with Gasteiger partial charge < -0.3 is 19.1 Å². The van der Waals surface area contributed by atoms with Gasteiger partial charge in [0.15, 0.2) is 0 Å². The molecule has 3 aromatic rings. The van der Waals surface area contributed by atoms with Crippen LogP contribution in [0.15, 0.2) is 59.1 Å². The second kappa shape index (κ2) is 9.25. The third-order valence-corrected chi connectivity index (χ3v) is 5.78. The summed E-state index contributed by atoms with van der Waals surface area (Å²) in [7, 11) is 1.60. The maximum absolute atomic E-state index is 13.6. The van der Waals surface area contributed by atoms with Crippen LogP contribution in [0.5, 0.6) is 5.75 Å². The molecule has 0 N–H and O–H groups in total. The fraction of sp³-hybridized carbons (Fsp3) is 0.360. The van der Waals surface area contributed by atoms with Crippen LogP contribution in [0.4, 0.5) is 5.88 Å². The maximum Gasteiger partial charge on any atom is 0.258 e. The fourth-order valence-electron chi connectivity index (χ4n) is 3.92. The number of rotatable bonds is 9. The van der Waals surface area contributed by atoms with E-state index in [9.17, 15) is 4.79 Å². The molecule has 1 aliphatic carbocycles. The first-order chi connectivity index (χ1) is 15.2. The van der Waals surface area contributed by atoms with Gasteiger partial charge in [-0.25, -0.2) is 0 Å². The summed E-state index contributed by atoms with van der Waals surface area (Å²) in [5, 5.41) is 4.42. The third kappa shape index (κ3) is 4.29. The van der Waals surface area contributed by atoms with Gasteiger partial charge >= 0.3 is 0 Å². The number of nitrogens with zero attached hydrogens (tertiary/aromatic N) is 3. The van der Waals surface area contributed by atoms with Crippen molar-refractivity contribution in [1.29, 1.82) is 0 Å². The number of aromatic nitrogens is 1. The normalized spacial score (nSPS) is 13.1. The van der Waals surface area contributed by atoms with Crippen LogP contribution in [0.1, 0.15) is 42.6 Å². The number of hydrogen-bond donors (Lipinski definition) is 0. The Morgan fingerprint density at radius 2 is 1.74 bits per heavy atom. The lowest BCUT2D eigenvalue weighted by atomic mass is 10.1. The summed E-state index contributed by atoms with van der Waals surface area (Å²) in [6.07, 6.45) is 2.01. The van der Waals surface area contributed by atoms with E-state index < -0.39 is 0 Å². The standard InChI is InChI=1S/C25H29N3O3/c1-4-27(5-2)25-21(23(26-31-25)18-11-7-6-8-12-18)17-28(19-15-16-19)24(29)20-13-9-10-14-22(20)30-3/h6-14,19H,4-5,15-17H2,1-3H3. The van der Waals surface area contributed by atoms with Gasteiger partial charge in [-0.05, 0) is 38.8 Å². The van der Waals surface area contributed by atoms with E-state index in [0.717, 1.165) is 48.6 Å². The highest BCUT2D eigenvalue weighted by Crippen LogP contribution is 2.37. The number of anilines is 1. The number of methoxy groups -OCH3 is 1. The first-order valence-electron chi connectivity index (χ1n) is 10.9. The van der Waals surface area contributed by atoms with Crippen LogP contribution in [0.25, 0.3) is 11.3 Å². The molecule has 162 valence electrons. The van der Waals surface area contributed by atoms with Crippen molar-refractivity contribution in [3.8, 4) is 17.0 Å². The molecule has 31 heavy (non-hydrogen) atoms. The van der Waals surface area contributed by atoms with Gasteiger partial charge in [0.05, 0.1) is 24.8 Å². The fourth-order valence-corrected chi connectivity index (χ4v) is 3.92. The zero-order chi connectivity index (χ0) is 21.8. The number of carbonyl (C=O) groups excluding carboxylic acids is 1. The molecule has 0 atom stereocenters. The molecule has 0 unspecified atom stereocenters. The predicted molar refractivity (Wildman–Crippen MR) is 121 cm³/mol. The average molecular weight is 420 g/mol. The molecule has 6 heteroatoms. The Hall–Kier alpha value is -3.28. The number of carbonyl (C=O) groups is 1. The van der Waals surface area contributed by atoms with Crippen molar-refractivity contribution < 1.29 is 14.1 Å². The summed E-state index contributed by atoms with van der Waals surface area (Å²) < 4.78 is 11.3. The molecule has 2 aromatic carbocycles. The molecule has 6 nitrogen and oxygen atoms in total. The van der Waals surface area contributed by atoms with E-state index >= 15 is 0 Å². The van der Waals surface area contributed by atoms with Crippen LogP contribution in [-0.2, 0) is 6.54 Å². The smallest absolute Gasteiger partial charge is 0.258 e. The number of para-hydroxylation sites is 1. The van der Waals surface area contributed by atoms with Crippen LogP contribution in [-0.4, -0.2) is 42.2 Å². The minimum atomic E-state index is -0.0225. The minimum Gasteiger partial charge on any atom is -0.496 e. The van der Waals surface area contributed by atoms with Crippen LogP contribution >= 0.6 is 0 Å². The molecular formula is C25H29N3O3. The molecule has 1 aliphatic rings. The van der Waals surface area contributed by atoms with E-state index in [0.29, 0.717) is 17.9 Å². The van der Waals surface area contributed by atoms with Crippen LogP contribution in [0.2, 0.25) is 0 Å². The highest BCUT2D eigenvalue weighted by molar-refractivity contribution is 5.97. The largest absolute Gasteiger partial charge is 0.496 e. The Labute approximate surface area is 183 Å². The average Bonchev–Trinajstić information content (AvgIpc) is 3.58. The first kappa shape index (κ1) is 21.0. The number of hydrogen-bond acceptors (Lipinski definition) is 5. The zero-order valence-electron chi connectivity index (χ0n) is 18.4. The van der Waals surface area contributed by atoms with Crippen molar-refractivity contribution in [3.63, 3.8) is 0 Å². The van der Waals surface area contributed by atoms with Gasteiger partial charge in [-0.2, -0.15) is 0 Å². The number of ether oxygens (including phenoxy) is 1. The molecule has 0 spiro atoms. The van der Waals surface area contributed by atoms with Crippen LogP contribution < -0.4 is 9.64 Å². The van der Waals surface area contributed by atoms with E-state index in [1.165, 1.54) is 0 Å². The lowest BCUT2D eigenvalue weighted by Gasteiger charge is -2.25. The summed E-state index contributed by atoms with van der Waals surface area (Å²) in [6.45, 7) is 6.24. The van der Waals surface area contributed by atoms with Gasteiger partial charge in [-0.3, -0.25) is 4.79 Å². The van der Waals surface area contributed by atoms with Gasteiger partial charge in [0.2, 0.25) is 5.88 Å². The third-order valence-electron chi connectivity index (χ3n) is 5.78. The van der Waals surface area contributed by atoms with Crippen LogP contribution in [0, 0.1) is 0 Å². The molecule has 1 amide bonds. The zero-order valence-corrected chi connectivity index (χ0v) is 18.4. The Kier molecular flexibility index (Phi) is 6.26. The maximum atomic E-state index is 13.6. The Balaban J connectivity index is 1.75. The van der Waals surface area contributed by atoms with Gasteiger partial charge in [0.25, 0.3) is 5.91 Å². The molecule has 1 saturated carbocycles. The Bertz CT molecular complexity index is 1020. The SMILES string of the molecule is CCN(CC)c1onc(-c2ccccc2)c1CN(C(=O)c1ccccc1OC)C1CC1. The lowest BCUT2D eigenvalue weighted by molar-refractivity contribution is 0.0727. The van der Waals surface area contributed by atoms with Gasteiger partial charge in [-0.15, -0.1) is 0 Å². The summed E-state index contributed by atoms with van der Waals surface area (Å²) in [4.78, 5) is 17.7. The van der Waals surface area contributed by atoms with Gasteiger partial charge in [0, 0.05) is 24.7 Å². The second-order valence-corrected chi connectivity index (χ2v) is 7.72. The number of benzene rings is 2. The highest BCUT2D eigenvalue weighted by atomic mass is 16.5. The summed E-state index contributed by atoms with van der Waals surface area (Å²) in [5.41, 5.74) is 3.31. The molecule has 1 fully saturated rings. The predicted octanol–water partition coefficient (Wildman–Crippen LogP) is 5.00. The molecule has 4 rings (SSSR count). The molecule has 1 aromatic heterocycles. The van der Waals surface area contributed by atoms with Crippen molar-refractivity contribution in [3.05, 3.63) is 65.7 Å². The first-order valence-corrected chi connectivity index (χ1v) is 10.9. The molecule has 0 radical (unpaired) electrons. The molecule has 0 saturated heterocycles. The topological polar surface area (TPSA) is 58.8 Å². The van der Waals surface area contributed by atoms with E-state index in [4.69, 9.17) is 9.26 Å². The quantitative estimate of drug-likeness (QED) is 0.488. The van der Waals surface area contributed by atoms with Crippen molar-refractivity contribution >= 4 is 11.8 Å². The molecular weight excluding hydrogens is 390 g/mol. The summed E-state index contributed by atoms with van der Waals surface area (Å²) in [6, 6.07) is 17.6. The molecule has 0 bridgehead atoms. The van der Waals surface area contributed by atoms with E-state index in [1.54, 1.807) is 7.11 Å². The molecule has 0 aliphatic heterocycles. The highest BCUT2D eigenvalue weighted by Gasteiger charge is 2.36. The second-order valence-electron chi connectivity index (χ2n) is 7.72. The van der Waals surface area contributed by atoms with E-state index in [2.05, 4.69) is 23.9 Å². The molecule has 1 heterocycles. The van der Waals surface area contributed by atoms with E-state index in [1.807, 2.05) is 59.5 Å². The van der Waals surface area contributed by atoms with Gasteiger partial charge in [0.1, 0.15) is 11.4 Å². The number of amides is 1. The van der Waals surface area contributed by atoms with Crippen molar-refractivity contribution in [1.82, 2.24) is 10.1 Å². The van der Waals surface area contributed by atoms with E-state index in [-0.39, 0.29) is 11.9 Å². The Morgan fingerprint density at radius 3 is 2.39 bits per heavy atom. The lowest BCUT2D eigenvalue weighted by Crippen LogP contribution is -2.34. The van der Waals surface area contributed by atoms with Crippen molar-refractivity contribution in [2.75, 3.05) is 25.1 Å². The minimum absolute atomic E-state index is 0.0225. The summed E-state index contributed by atoms with van der Waals surface area (Å²) in [5.74, 6) is 1.31.